The highest BCUT2D eigenvalue weighted by atomic mass is 79.9. The van der Waals surface area contributed by atoms with E-state index < -0.39 is 0 Å². The van der Waals surface area contributed by atoms with Crippen molar-refractivity contribution in [2.75, 3.05) is 6.54 Å². The molecule has 2 atom stereocenters. The summed E-state index contributed by atoms with van der Waals surface area (Å²) in [6, 6.07) is 5.26. The first-order valence-corrected chi connectivity index (χ1v) is 7.46. The summed E-state index contributed by atoms with van der Waals surface area (Å²) < 4.78 is 0.828. The van der Waals surface area contributed by atoms with Gasteiger partial charge in [0.15, 0.2) is 0 Å². The predicted molar refractivity (Wildman–Crippen MR) is 78.0 cm³/mol. The summed E-state index contributed by atoms with van der Waals surface area (Å²) in [7, 11) is 0. The lowest BCUT2D eigenvalue weighted by Crippen LogP contribution is -2.28. The number of rotatable bonds is 3. The van der Waals surface area contributed by atoms with Crippen LogP contribution in [-0.2, 0) is 0 Å². The minimum absolute atomic E-state index is 0.0437. The summed E-state index contributed by atoms with van der Waals surface area (Å²) >= 11 is 9.27. The minimum atomic E-state index is -0.0437. The molecule has 2 nitrogen and oxygen atoms in total. The first-order chi connectivity index (χ1) is 8.54. The highest BCUT2D eigenvalue weighted by Crippen LogP contribution is 2.29. The Bertz CT molecular complexity index is 429. The van der Waals surface area contributed by atoms with Gasteiger partial charge in [-0.3, -0.25) is 4.79 Å². The molecule has 1 aliphatic carbocycles. The van der Waals surface area contributed by atoms with Crippen molar-refractivity contribution in [3.8, 4) is 0 Å². The molecule has 1 N–H and O–H groups in total. The van der Waals surface area contributed by atoms with Gasteiger partial charge in [-0.25, -0.2) is 0 Å². The molecule has 1 fully saturated rings. The molecule has 4 heteroatoms. The van der Waals surface area contributed by atoms with E-state index >= 15 is 0 Å². The lowest BCUT2D eigenvalue weighted by Gasteiger charge is -2.11. The predicted octanol–water partition coefficient (Wildman–Crippen LogP) is 4.27. The molecule has 1 amide bonds. The fourth-order valence-corrected chi connectivity index (χ4v) is 3.39. The summed E-state index contributed by atoms with van der Waals surface area (Å²) in [5.41, 5.74) is 0.612. The Hall–Kier alpha value is -0.540. The fraction of sp³-hybridized carbons (Fsp3) is 0.500. The average molecular weight is 331 g/mol. The van der Waals surface area contributed by atoms with E-state index in [1.54, 1.807) is 18.2 Å². The third-order valence-electron chi connectivity index (χ3n) is 3.48. The maximum absolute atomic E-state index is 12.0. The van der Waals surface area contributed by atoms with E-state index in [0.29, 0.717) is 16.5 Å². The van der Waals surface area contributed by atoms with Crippen LogP contribution >= 0.6 is 27.5 Å². The smallest absolute Gasteiger partial charge is 0.251 e. The zero-order valence-corrected chi connectivity index (χ0v) is 12.7. The second-order valence-electron chi connectivity index (χ2n) is 5.15. The summed E-state index contributed by atoms with van der Waals surface area (Å²) in [6.07, 6.45) is 3.73. The lowest BCUT2D eigenvalue weighted by molar-refractivity contribution is 0.0947. The monoisotopic (exact) mass is 329 g/mol. The van der Waals surface area contributed by atoms with Crippen molar-refractivity contribution < 1.29 is 4.79 Å². The average Bonchev–Trinajstić information content (AvgIpc) is 2.70. The van der Waals surface area contributed by atoms with Crippen molar-refractivity contribution in [1.82, 2.24) is 5.32 Å². The summed E-state index contributed by atoms with van der Waals surface area (Å²) in [5.74, 6) is 1.39. The largest absolute Gasteiger partial charge is 0.352 e. The highest BCUT2D eigenvalue weighted by molar-refractivity contribution is 9.10. The molecule has 0 radical (unpaired) electrons. The van der Waals surface area contributed by atoms with Crippen molar-refractivity contribution >= 4 is 33.4 Å². The Balaban J connectivity index is 1.91. The standard InChI is InChI=1S/C14H17BrClNO/c1-9-2-3-10(4-9)8-17-14(18)11-5-12(15)7-13(16)6-11/h5-7,9-10H,2-4,8H2,1H3,(H,17,18). The van der Waals surface area contributed by atoms with Crippen molar-refractivity contribution in [1.29, 1.82) is 0 Å². The number of halogens is 2. The molecule has 0 aliphatic heterocycles. The Morgan fingerprint density at radius 1 is 1.44 bits per heavy atom. The second kappa shape index (κ2) is 6.07. The van der Waals surface area contributed by atoms with Crippen molar-refractivity contribution in [2.45, 2.75) is 26.2 Å². The summed E-state index contributed by atoms with van der Waals surface area (Å²) in [6.45, 7) is 3.04. The molecule has 0 spiro atoms. The Morgan fingerprint density at radius 3 is 2.83 bits per heavy atom. The number of benzene rings is 1. The van der Waals surface area contributed by atoms with Crippen LogP contribution in [-0.4, -0.2) is 12.5 Å². The van der Waals surface area contributed by atoms with Gasteiger partial charge in [0.05, 0.1) is 0 Å². The van der Waals surface area contributed by atoms with Crippen molar-refractivity contribution in [3.63, 3.8) is 0 Å². The third-order valence-corrected chi connectivity index (χ3v) is 4.16. The number of carbonyl (C=O) groups is 1. The molecule has 2 unspecified atom stereocenters. The van der Waals surface area contributed by atoms with Crippen LogP contribution in [0.25, 0.3) is 0 Å². The fourth-order valence-electron chi connectivity index (χ4n) is 2.53. The van der Waals surface area contributed by atoms with E-state index in [1.807, 2.05) is 0 Å². The van der Waals surface area contributed by atoms with E-state index in [9.17, 15) is 4.79 Å². The lowest BCUT2D eigenvalue weighted by atomic mass is 10.1. The highest BCUT2D eigenvalue weighted by Gasteiger charge is 2.21. The van der Waals surface area contributed by atoms with E-state index in [2.05, 4.69) is 28.2 Å². The van der Waals surface area contributed by atoms with Gasteiger partial charge in [-0.2, -0.15) is 0 Å². The van der Waals surface area contributed by atoms with Crippen LogP contribution in [0.2, 0.25) is 5.02 Å². The zero-order valence-electron chi connectivity index (χ0n) is 10.4. The van der Waals surface area contributed by atoms with Crippen LogP contribution < -0.4 is 5.32 Å². The van der Waals surface area contributed by atoms with Crippen LogP contribution in [0.3, 0.4) is 0 Å². The number of hydrogen-bond donors (Lipinski definition) is 1. The van der Waals surface area contributed by atoms with E-state index in [0.717, 1.165) is 16.9 Å². The van der Waals surface area contributed by atoms with Crippen LogP contribution in [0.5, 0.6) is 0 Å². The first-order valence-electron chi connectivity index (χ1n) is 6.29. The molecular formula is C14H17BrClNO. The Labute approximate surface area is 121 Å². The molecule has 1 aromatic carbocycles. The maximum atomic E-state index is 12.0. The van der Waals surface area contributed by atoms with Gasteiger partial charge in [0.2, 0.25) is 0 Å². The van der Waals surface area contributed by atoms with Gasteiger partial charge in [-0.15, -0.1) is 0 Å². The molecule has 1 aromatic rings. The molecule has 0 aromatic heterocycles. The van der Waals surface area contributed by atoms with Gasteiger partial charge < -0.3 is 5.32 Å². The molecule has 1 aliphatic rings. The summed E-state index contributed by atoms with van der Waals surface area (Å²) in [4.78, 5) is 12.0. The van der Waals surface area contributed by atoms with Crippen molar-refractivity contribution in [3.05, 3.63) is 33.3 Å². The Kier molecular flexibility index (Phi) is 4.68. The van der Waals surface area contributed by atoms with Crippen molar-refractivity contribution in [2.24, 2.45) is 11.8 Å². The normalized spacial score (nSPS) is 23.1. The molecule has 2 rings (SSSR count). The maximum Gasteiger partial charge on any atom is 0.251 e. The summed E-state index contributed by atoms with van der Waals surface area (Å²) in [5, 5.41) is 3.57. The van der Waals surface area contributed by atoms with Crippen LogP contribution in [0.4, 0.5) is 0 Å². The molecule has 0 bridgehead atoms. The van der Waals surface area contributed by atoms with Gasteiger partial charge >= 0.3 is 0 Å². The topological polar surface area (TPSA) is 29.1 Å². The molecule has 0 heterocycles. The van der Waals surface area contributed by atoms with E-state index in [4.69, 9.17) is 11.6 Å². The number of carbonyl (C=O) groups excluding carboxylic acids is 1. The number of hydrogen-bond acceptors (Lipinski definition) is 1. The first kappa shape index (κ1) is 13.9. The van der Waals surface area contributed by atoms with Crippen LogP contribution in [0, 0.1) is 11.8 Å². The molecule has 18 heavy (non-hydrogen) atoms. The third kappa shape index (κ3) is 3.72. The van der Waals surface area contributed by atoms with Gasteiger partial charge in [0.25, 0.3) is 5.91 Å². The SMILES string of the molecule is CC1CCC(CNC(=O)c2cc(Cl)cc(Br)c2)C1. The zero-order chi connectivity index (χ0) is 13.1. The van der Waals surface area contributed by atoms with E-state index in [1.165, 1.54) is 19.3 Å². The van der Waals surface area contributed by atoms with Crippen LogP contribution in [0.15, 0.2) is 22.7 Å². The second-order valence-corrected chi connectivity index (χ2v) is 6.50. The molecule has 1 saturated carbocycles. The molecular weight excluding hydrogens is 314 g/mol. The number of nitrogens with one attached hydrogen (secondary N) is 1. The number of amides is 1. The molecule has 98 valence electrons. The van der Waals surface area contributed by atoms with Gasteiger partial charge in [0.1, 0.15) is 0 Å². The van der Waals surface area contributed by atoms with Gasteiger partial charge in [0, 0.05) is 21.6 Å². The Morgan fingerprint density at radius 2 is 2.22 bits per heavy atom. The quantitative estimate of drug-likeness (QED) is 0.881. The molecule has 0 saturated heterocycles. The van der Waals surface area contributed by atoms with Gasteiger partial charge in [-0.05, 0) is 42.9 Å². The van der Waals surface area contributed by atoms with Crippen LogP contribution in [0.1, 0.15) is 36.5 Å². The minimum Gasteiger partial charge on any atom is -0.352 e. The van der Waals surface area contributed by atoms with E-state index in [-0.39, 0.29) is 5.91 Å². The van der Waals surface area contributed by atoms with Gasteiger partial charge in [-0.1, -0.05) is 40.9 Å².